The van der Waals surface area contributed by atoms with Crippen LogP contribution in [0.25, 0.3) is 11.1 Å². The van der Waals surface area contributed by atoms with Crippen LogP contribution in [0, 0.1) is 0 Å². The highest BCUT2D eigenvalue weighted by Crippen LogP contribution is 2.35. The lowest BCUT2D eigenvalue weighted by Crippen LogP contribution is -2.09. The van der Waals surface area contributed by atoms with Crippen molar-refractivity contribution in [2.75, 3.05) is 11.5 Å². The topological polar surface area (TPSA) is 12.5 Å². The maximum Gasteiger partial charge on any atom is 0.119 e. The lowest BCUT2D eigenvalue weighted by Gasteiger charge is -2.25. The van der Waals surface area contributed by atoms with Gasteiger partial charge >= 0.3 is 0 Å². The summed E-state index contributed by atoms with van der Waals surface area (Å²) in [6.45, 7) is 2.86. The quantitative estimate of drug-likeness (QED) is 0.327. The molecule has 2 heteroatoms. The molecule has 0 radical (unpaired) electrons. The van der Waals surface area contributed by atoms with Gasteiger partial charge in [0.05, 0.1) is 6.61 Å². The Bertz CT molecular complexity index is 987. The first-order chi connectivity index (χ1) is 14.3. The van der Waals surface area contributed by atoms with Crippen molar-refractivity contribution in [2.24, 2.45) is 0 Å². The number of rotatable bonds is 7. The second kappa shape index (κ2) is 9.11. The molecule has 0 spiro atoms. The van der Waals surface area contributed by atoms with Gasteiger partial charge in [0.2, 0.25) is 0 Å². The van der Waals surface area contributed by atoms with Crippen molar-refractivity contribution < 1.29 is 4.74 Å². The molecular formula is C27H25NO. The van der Waals surface area contributed by atoms with Gasteiger partial charge in [-0.1, -0.05) is 67.6 Å². The zero-order valence-corrected chi connectivity index (χ0v) is 16.7. The number of anilines is 3. The number of ether oxygens (including phenoxy) is 1. The summed E-state index contributed by atoms with van der Waals surface area (Å²) >= 11 is 0. The zero-order valence-electron chi connectivity index (χ0n) is 16.7. The molecule has 0 N–H and O–H groups in total. The Morgan fingerprint density at radius 2 is 1.17 bits per heavy atom. The Labute approximate surface area is 173 Å². The molecule has 0 heterocycles. The minimum Gasteiger partial charge on any atom is -0.494 e. The first kappa shape index (κ1) is 18.8. The van der Waals surface area contributed by atoms with Crippen LogP contribution in [-0.2, 0) is 0 Å². The summed E-state index contributed by atoms with van der Waals surface area (Å²) in [5, 5.41) is 0. The number of benzene rings is 4. The first-order valence-electron chi connectivity index (χ1n) is 10.1. The minimum absolute atomic E-state index is 0.742. The molecule has 0 unspecified atom stereocenters. The van der Waals surface area contributed by atoms with Crippen molar-refractivity contribution in [1.29, 1.82) is 0 Å². The van der Waals surface area contributed by atoms with Crippen molar-refractivity contribution in [3.63, 3.8) is 0 Å². The molecule has 2 nitrogen and oxygen atoms in total. The summed E-state index contributed by atoms with van der Waals surface area (Å²) in [7, 11) is 0. The normalized spacial score (nSPS) is 10.5. The van der Waals surface area contributed by atoms with Crippen LogP contribution in [-0.4, -0.2) is 6.61 Å². The second-order valence-corrected chi connectivity index (χ2v) is 6.93. The van der Waals surface area contributed by atoms with Crippen LogP contribution in [0.1, 0.15) is 13.3 Å². The lowest BCUT2D eigenvalue weighted by atomic mass is 10.0. The Morgan fingerprint density at radius 3 is 1.76 bits per heavy atom. The van der Waals surface area contributed by atoms with Gasteiger partial charge in [-0.05, 0) is 66.1 Å². The van der Waals surface area contributed by atoms with Gasteiger partial charge in [-0.15, -0.1) is 0 Å². The van der Waals surface area contributed by atoms with Gasteiger partial charge < -0.3 is 9.64 Å². The zero-order chi connectivity index (χ0) is 19.9. The summed E-state index contributed by atoms with van der Waals surface area (Å²) < 4.78 is 5.79. The summed E-state index contributed by atoms with van der Waals surface area (Å²) in [5.41, 5.74) is 5.75. The highest BCUT2D eigenvalue weighted by atomic mass is 16.5. The second-order valence-electron chi connectivity index (χ2n) is 6.93. The Kier molecular flexibility index (Phi) is 5.92. The Hall–Kier alpha value is -3.52. The van der Waals surface area contributed by atoms with E-state index in [1.54, 1.807) is 0 Å². The van der Waals surface area contributed by atoms with E-state index in [9.17, 15) is 0 Å². The predicted octanol–water partition coefficient (Wildman–Crippen LogP) is 7.61. The summed E-state index contributed by atoms with van der Waals surface area (Å²) in [4.78, 5) is 2.27. The molecule has 4 rings (SSSR count). The average molecular weight is 380 g/mol. The van der Waals surface area contributed by atoms with E-state index in [0.29, 0.717) is 0 Å². The van der Waals surface area contributed by atoms with Gasteiger partial charge in [0.15, 0.2) is 0 Å². The van der Waals surface area contributed by atoms with Crippen LogP contribution >= 0.6 is 0 Å². The number of para-hydroxylation sites is 2. The molecule has 0 saturated carbocycles. The maximum atomic E-state index is 5.79. The van der Waals surface area contributed by atoms with Crippen molar-refractivity contribution >= 4 is 17.1 Å². The van der Waals surface area contributed by atoms with Crippen LogP contribution in [0.2, 0.25) is 0 Å². The molecular weight excluding hydrogens is 354 g/mol. The van der Waals surface area contributed by atoms with Crippen molar-refractivity contribution in [3.8, 4) is 16.9 Å². The fourth-order valence-corrected chi connectivity index (χ4v) is 3.39. The SMILES string of the molecule is CCCOc1cccc(-c2ccc(N(c3ccccc3)c3ccccc3)cc2)c1. The summed E-state index contributed by atoms with van der Waals surface area (Å²) in [6, 6.07) is 37.9. The van der Waals surface area contributed by atoms with Gasteiger partial charge in [0.25, 0.3) is 0 Å². The standard InChI is InChI=1S/C27H25NO/c1-2-20-29-27-15-9-10-23(21-27)22-16-18-26(19-17-22)28(24-11-5-3-6-12-24)25-13-7-4-8-14-25/h3-19,21H,2,20H2,1H3. The van der Waals surface area contributed by atoms with Crippen molar-refractivity contribution in [1.82, 2.24) is 0 Å². The molecule has 4 aromatic rings. The van der Waals surface area contributed by atoms with E-state index in [4.69, 9.17) is 4.74 Å². The molecule has 4 aromatic carbocycles. The monoisotopic (exact) mass is 379 g/mol. The van der Waals surface area contributed by atoms with E-state index in [-0.39, 0.29) is 0 Å². The summed E-state index contributed by atoms with van der Waals surface area (Å²) in [6.07, 6.45) is 1.01. The third kappa shape index (κ3) is 4.49. The van der Waals surface area contributed by atoms with Crippen LogP contribution in [0.15, 0.2) is 109 Å². The fourth-order valence-electron chi connectivity index (χ4n) is 3.39. The molecule has 0 bridgehead atoms. The molecule has 29 heavy (non-hydrogen) atoms. The Balaban J connectivity index is 1.66. The highest BCUT2D eigenvalue weighted by Gasteiger charge is 2.11. The van der Waals surface area contributed by atoms with E-state index in [1.165, 1.54) is 5.56 Å². The van der Waals surface area contributed by atoms with Crippen LogP contribution in [0.4, 0.5) is 17.1 Å². The van der Waals surface area contributed by atoms with E-state index in [0.717, 1.165) is 41.4 Å². The minimum atomic E-state index is 0.742. The van der Waals surface area contributed by atoms with E-state index in [1.807, 2.05) is 18.2 Å². The van der Waals surface area contributed by atoms with Gasteiger partial charge in [-0.25, -0.2) is 0 Å². The molecule has 0 amide bonds. The van der Waals surface area contributed by atoms with Crippen LogP contribution < -0.4 is 9.64 Å². The van der Waals surface area contributed by atoms with Gasteiger partial charge in [0.1, 0.15) is 5.75 Å². The Morgan fingerprint density at radius 1 is 0.586 bits per heavy atom. The van der Waals surface area contributed by atoms with Crippen molar-refractivity contribution in [2.45, 2.75) is 13.3 Å². The smallest absolute Gasteiger partial charge is 0.119 e. The number of hydrogen-bond acceptors (Lipinski definition) is 2. The van der Waals surface area contributed by atoms with Crippen LogP contribution in [0.3, 0.4) is 0 Å². The third-order valence-corrected chi connectivity index (χ3v) is 4.79. The lowest BCUT2D eigenvalue weighted by molar-refractivity contribution is 0.317. The molecule has 0 atom stereocenters. The fraction of sp³-hybridized carbons (Fsp3) is 0.111. The molecule has 0 saturated heterocycles. The molecule has 144 valence electrons. The largest absolute Gasteiger partial charge is 0.494 e. The van der Waals surface area contributed by atoms with Gasteiger partial charge in [-0.2, -0.15) is 0 Å². The molecule has 0 aliphatic rings. The van der Waals surface area contributed by atoms with E-state index < -0.39 is 0 Å². The van der Waals surface area contributed by atoms with E-state index >= 15 is 0 Å². The molecule has 0 aromatic heterocycles. The highest BCUT2D eigenvalue weighted by molar-refractivity contribution is 5.78. The number of nitrogens with zero attached hydrogens (tertiary/aromatic N) is 1. The predicted molar refractivity (Wildman–Crippen MR) is 122 cm³/mol. The maximum absolute atomic E-state index is 5.79. The molecule has 0 aliphatic carbocycles. The number of hydrogen-bond donors (Lipinski definition) is 0. The van der Waals surface area contributed by atoms with Crippen molar-refractivity contribution in [3.05, 3.63) is 109 Å². The average Bonchev–Trinajstić information content (AvgIpc) is 2.80. The van der Waals surface area contributed by atoms with Gasteiger partial charge in [-0.3, -0.25) is 0 Å². The first-order valence-corrected chi connectivity index (χ1v) is 10.1. The van der Waals surface area contributed by atoms with E-state index in [2.05, 4.69) is 103 Å². The third-order valence-electron chi connectivity index (χ3n) is 4.79. The van der Waals surface area contributed by atoms with Crippen LogP contribution in [0.5, 0.6) is 5.75 Å². The summed E-state index contributed by atoms with van der Waals surface area (Å²) in [5.74, 6) is 0.920. The molecule has 0 fully saturated rings. The molecule has 0 aliphatic heterocycles. The van der Waals surface area contributed by atoms with Gasteiger partial charge in [0, 0.05) is 17.1 Å².